The van der Waals surface area contributed by atoms with Gasteiger partial charge in [0.25, 0.3) is 0 Å². The number of amides is 1. The highest BCUT2D eigenvalue weighted by Crippen LogP contribution is 2.33. The second kappa shape index (κ2) is 8.56. The average molecular weight is 339 g/mol. The lowest BCUT2D eigenvalue weighted by atomic mass is 10.0. The van der Waals surface area contributed by atoms with Gasteiger partial charge in [-0.1, -0.05) is 30.3 Å². The largest absolute Gasteiger partial charge is 0.497 e. The van der Waals surface area contributed by atoms with Crippen molar-refractivity contribution in [3.8, 4) is 11.5 Å². The van der Waals surface area contributed by atoms with Crippen molar-refractivity contribution in [2.24, 2.45) is 0 Å². The summed E-state index contributed by atoms with van der Waals surface area (Å²) in [5.74, 6) is 1.92. The van der Waals surface area contributed by atoms with E-state index < -0.39 is 0 Å². The number of hydrogen-bond donors (Lipinski definition) is 0. The fraction of sp³-hybridized carbons (Fsp3) is 0.381. The predicted octanol–water partition coefficient (Wildman–Crippen LogP) is 4.22. The number of carbonyl (C=O) groups is 1. The minimum Gasteiger partial charge on any atom is -0.497 e. The van der Waals surface area contributed by atoms with Crippen molar-refractivity contribution in [2.45, 2.75) is 31.7 Å². The van der Waals surface area contributed by atoms with Crippen molar-refractivity contribution in [1.29, 1.82) is 0 Å². The molecule has 0 aliphatic carbocycles. The molecule has 1 atom stereocenters. The summed E-state index contributed by atoms with van der Waals surface area (Å²) in [6, 6.07) is 18.0. The highest BCUT2D eigenvalue weighted by Gasteiger charge is 2.29. The minimum absolute atomic E-state index is 0.188. The van der Waals surface area contributed by atoms with Gasteiger partial charge in [-0.2, -0.15) is 0 Å². The molecule has 4 nitrogen and oxygen atoms in total. The molecule has 1 unspecified atom stereocenters. The lowest BCUT2D eigenvalue weighted by Crippen LogP contribution is -2.30. The molecule has 1 heterocycles. The Morgan fingerprint density at radius 2 is 1.84 bits per heavy atom. The number of nitrogens with zero attached hydrogens (tertiary/aromatic N) is 1. The SMILES string of the molecule is COc1ccc(C2CCCN2C(=O)CCCOc2ccccc2)cc1. The fourth-order valence-electron chi connectivity index (χ4n) is 3.31. The van der Waals surface area contributed by atoms with E-state index in [0.29, 0.717) is 13.0 Å². The zero-order valence-electron chi connectivity index (χ0n) is 14.7. The van der Waals surface area contributed by atoms with Crippen LogP contribution in [-0.4, -0.2) is 31.1 Å². The Bertz CT molecular complexity index is 669. The predicted molar refractivity (Wildman–Crippen MR) is 97.9 cm³/mol. The van der Waals surface area contributed by atoms with E-state index in [9.17, 15) is 4.79 Å². The van der Waals surface area contributed by atoms with Gasteiger partial charge in [0.05, 0.1) is 19.8 Å². The van der Waals surface area contributed by atoms with Gasteiger partial charge in [-0.15, -0.1) is 0 Å². The maximum absolute atomic E-state index is 12.6. The van der Waals surface area contributed by atoms with E-state index in [1.807, 2.05) is 47.4 Å². The van der Waals surface area contributed by atoms with E-state index >= 15 is 0 Å². The summed E-state index contributed by atoms with van der Waals surface area (Å²) in [4.78, 5) is 14.6. The lowest BCUT2D eigenvalue weighted by molar-refractivity contribution is -0.132. The molecule has 1 saturated heterocycles. The number of hydrogen-bond acceptors (Lipinski definition) is 3. The van der Waals surface area contributed by atoms with Gasteiger partial charge >= 0.3 is 0 Å². The first-order valence-electron chi connectivity index (χ1n) is 8.89. The Kier molecular flexibility index (Phi) is 5.94. The Labute approximate surface area is 149 Å². The van der Waals surface area contributed by atoms with Crippen LogP contribution in [0.3, 0.4) is 0 Å². The number of ether oxygens (including phenoxy) is 2. The molecule has 1 aliphatic rings. The number of likely N-dealkylation sites (tertiary alicyclic amines) is 1. The van der Waals surface area contributed by atoms with E-state index in [1.165, 1.54) is 5.56 Å². The van der Waals surface area contributed by atoms with Crippen molar-refractivity contribution < 1.29 is 14.3 Å². The normalized spacial score (nSPS) is 16.7. The molecular formula is C21H25NO3. The van der Waals surface area contributed by atoms with Crippen LogP contribution in [-0.2, 0) is 4.79 Å². The van der Waals surface area contributed by atoms with Gasteiger partial charge in [0.15, 0.2) is 0 Å². The number of para-hydroxylation sites is 1. The number of benzene rings is 2. The molecule has 0 spiro atoms. The molecule has 4 heteroatoms. The molecule has 3 rings (SSSR count). The monoisotopic (exact) mass is 339 g/mol. The van der Waals surface area contributed by atoms with Gasteiger partial charge in [0, 0.05) is 13.0 Å². The third-order valence-corrected chi connectivity index (χ3v) is 4.62. The molecule has 0 radical (unpaired) electrons. The molecule has 25 heavy (non-hydrogen) atoms. The van der Waals surface area contributed by atoms with Crippen LogP contribution in [0.15, 0.2) is 54.6 Å². The van der Waals surface area contributed by atoms with Crippen molar-refractivity contribution in [3.63, 3.8) is 0 Å². The van der Waals surface area contributed by atoms with Crippen molar-refractivity contribution >= 4 is 5.91 Å². The molecule has 0 aromatic heterocycles. The summed E-state index contributed by atoms with van der Waals surface area (Å²) in [5, 5.41) is 0. The molecule has 1 fully saturated rings. The summed E-state index contributed by atoms with van der Waals surface area (Å²) in [7, 11) is 1.66. The summed E-state index contributed by atoms with van der Waals surface area (Å²) in [6.45, 7) is 1.41. The second-order valence-corrected chi connectivity index (χ2v) is 6.28. The van der Waals surface area contributed by atoms with Crippen molar-refractivity contribution in [3.05, 3.63) is 60.2 Å². The number of rotatable bonds is 7. The zero-order chi connectivity index (χ0) is 17.5. The van der Waals surface area contributed by atoms with Gasteiger partial charge in [0.1, 0.15) is 11.5 Å². The standard InChI is InChI=1S/C21H25NO3/c1-24-18-13-11-17(12-14-18)20-9-5-15-22(20)21(23)10-6-16-25-19-7-3-2-4-8-19/h2-4,7-8,11-14,20H,5-6,9-10,15-16H2,1H3. The average Bonchev–Trinajstić information content (AvgIpc) is 3.16. The molecule has 1 aliphatic heterocycles. The zero-order valence-corrected chi connectivity index (χ0v) is 14.7. The molecule has 1 amide bonds. The molecule has 0 N–H and O–H groups in total. The van der Waals surface area contributed by atoms with Gasteiger partial charge < -0.3 is 14.4 Å². The smallest absolute Gasteiger partial charge is 0.223 e. The number of carbonyl (C=O) groups excluding carboxylic acids is 1. The lowest BCUT2D eigenvalue weighted by Gasteiger charge is -2.25. The Hall–Kier alpha value is -2.49. The van der Waals surface area contributed by atoms with E-state index in [1.54, 1.807) is 7.11 Å². The number of methoxy groups -OCH3 is 1. The van der Waals surface area contributed by atoms with Gasteiger partial charge in [-0.3, -0.25) is 4.79 Å². The van der Waals surface area contributed by atoms with Crippen LogP contribution < -0.4 is 9.47 Å². The van der Waals surface area contributed by atoms with Crippen LogP contribution in [0.25, 0.3) is 0 Å². The van der Waals surface area contributed by atoms with Crippen LogP contribution in [0, 0.1) is 0 Å². The van der Waals surface area contributed by atoms with Crippen molar-refractivity contribution in [2.75, 3.05) is 20.3 Å². The summed E-state index contributed by atoms with van der Waals surface area (Å²) < 4.78 is 10.9. The van der Waals surface area contributed by atoms with Crippen LogP contribution in [0.1, 0.15) is 37.3 Å². The van der Waals surface area contributed by atoms with Gasteiger partial charge in [-0.25, -0.2) is 0 Å². The summed E-state index contributed by atoms with van der Waals surface area (Å²) >= 11 is 0. The topological polar surface area (TPSA) is 38.8 Å². The molecule has 2 aromatic carbocycles. The minimum atomic E-state index is 0.188. The van der Waals surface area contributed by atoms with E-state index in [-0.39, 0.29) is 11.9 Å². The van der Waals surface area contributed by atoms with E-state index in [0.717, 1.165) is 37.3 Å². The third-order valence-electron chi connectivity index (χ3n) is 4.62. The highest BCUT2D eigenvalue weighted by molar-refractivity contribution is 5.77. The quantitative estimate of drug-likeness (QED) is 0.709. The molecular weight excluding hydrogens is 314 g/mol. The van der Waals surface area contributed by atoms with E-state index in [2.05, 4.69) is 12.1 Å². The Morgan fingerprint density at radius 3 is 2.56 bits per heavy atom. The van der Waals surface area contributed by atoms with Crippen LogP contribution in [0.2, 0.25) is 0 Å². The second-order valence-electron chi connectivity index (χ2n) is 6.28. The van der Waals surface area contributed by atoms with Crippen LogP contribution >= 0.6 is 0 Å². The first kappa shape index (κ1) is 17.3. The molecule has 2 aromatic rings. The summed E-state index contributed by atoms with van der Waals surface area (Å²) in [5.41, 5.74) is 1.19. The summed E-state index contributed by atoms with van der Waals surface area (Å²) in [6.07, 6.45) is 3.35. The first-order valence-corrected chi connectivity index (χ1v) is 8.89. The highest BCUT2D eigenvalue weighted by atomic mass is 16.5. The molecule has 132 valence electrons. The van der Waals surface area contributed by atoms with Crippen LogP contribution in [0.5, 0.6) is 11.5 Å². The Balaban J connectivity index is 1.50. The Morgan fingerprint density at radius 1 is 1.08 bits per heavy atom. The van der Waals surface area contributed by atoms with Gasteiger partial charge in [-0.05, 0) is 49.1 Å². The van der Waals surface area contributed by atoms with Crippen LogP contribution in [0.4, 0.5) is 0 Å². The molecule has 0 saturated carbocycles. The van der Waals surface area contributed by atoms with Crippen molar-refractivity contribution in [1.82, 2.24) is 4.90 Å². The van der Waals surface area contributed by atoms with Gasteiger partial charge in [0.2, 0.25) is 5.91 Å². The third kappa shape index (κ3) is 4.53. The fourth-order valence-corrected chi connectivity index (χ4v) is 3.31. The maximum Gasteiger partial charge on any atom is 0.223 e. The van der Waals surface area contributed by atoms with E-state index in [4.69, 9.17) is 9.47 Å². The first-order chi connectivity index (χ1) is 12.3. The maximum atomic E-state index is 12.6. The molecule has 0 bridgehead atoms.